The van der Waals surface area contributed by atoms with Crippen LogP contribution in [0.15, 0.2) is 48.5 Å². The number of carbonyl (C=O) groups is 2. The lowest BCUT2D eigenvalue weighted by atomic mass is 10.1. The van der Waals surface area contributed by atoms with Gasteiger partial charge in [-0.25, -0.2) is 8.42 Å². The molecule has 1 aliphatic rings. The standard InChI is InChI=1S/C20H23N3O4S/c1-21-19(24)15-8-6-14(7-9-15)13-23(18-10-11-18)20(25)16-4-3-5-17(12-16)22-28(2,26)27/h3-9,12,18,22H,10-11,13H2,1-2H3,(H,21,24). The highest BCUT2D eigenvalue weighted by Crippen LogP contribution is 2.30. The Morgan fingerprint density at radius 1 is 1.07 bits per heavy atom. The van der Waals surface area contributed by atoms with Gasteiger partial charge in [0, 0.05) is 36.4 Å². The summed E-state index contributed by atoms with van der Waals surface area (Å²) >= 11 is 0. The van der Waals surface area contributed by atoms with Crippen LogP contribution in [0, 0.1) is 0 Å². The van der Waals surface area contributed by atoms with Crippen LogP contribution in [0.5, 0.6) is 0 Å². The average molecular weight is 401 g/mol. The second kappa shape index (κ2) is 8.02. The molecule has 7 nitrogen and oxygen atoms in total. The molecule has 2 aromatic rings. The van der Waals surface area contributed by atoms with E-state index in [1.165, 1.54) is 0 Å². The Morgan fingerprint density at radius 2 is 1.75 bits per heavy atom. The molecule has 0 saturated heterocycles. The van der Waals surface area contributed by atoms with Crippen molar-refractivity contribution in [2.24, 2.45) is 0 Å². The molecule has 1 saturated carbocycles. The molecule has 3 rings (SSSR count). The third-order valence-electron chi connectivity index (χ3n) is 4.46. The molecule has 2 amide bonds. The van der Waals surface area contributed by atoms with Gasteiger partial charge in [-0.1, -0.05) is 18.2 Å². The molecule has 0 spiro atoms. The van der Waals surface area contributed by atoms with Crippen molar-refractivity contribution in [3.63, 3.8) is 0 Å². The van der Waals surface area contributed by atoms with Crippen LogP contribution in [0.3, 0.4) is 0 Å². The summed E-state index contributed by atoms with van der Waals surface area (Å²) in [7, 11) is -1.83. The molecular weight excluding hydrogens is 378 g/mol. The summed E-state index contributed by atoms with van der Waals surface area (Å²) in [4.78, 5) is 26.5. The zero-order valence-electron chi connectivity index (χ0n) is 15.8. The molecule has 0 radical (unpaired) electrons. The molecule has 1 fully saturated rings. The highest BCUT2D eigenvalue weighted by molar-refractivity contribution is 7.92. The van der Waals surface area contributed by atoms with Gasteiger partial charge in [0.2, 0.25) is 10.0 Å². The van der Waals surface area contributed by atoms with Gasteiger partial charge in [0.1, 0.15) is 0 Å². The lowest BCUT2D eigenvalue weighted by Gasteiger charge is -2.23. The Hall–Kier alpha value is -2.87. The molecule has 2 aromatic carbocycles. The number of hydrogen-bond donors (Lipinski definition) is 2. The average Bonchev–Trinajstić information content (AvgIpc) is 3.49. The van der Waals surface area contributed by atoms with E-state index in [-0.39, 0.29) is 17.9 Å². The number of sulfonamides is 1. The van der Waals surface area contributed by atoms with E-state index in [1.807, 2.05) is 12.1 Å². The number of carbonyl (C=O) groups excluding carboxylic acids is 2. The smallest absolute Gasteiger partial charge is 0.254 e. The van der Waals surface area contributed by atoms with Crippen molar-refractivity contribution in [3.8, 4) is 0 Å². The van der Waals surface area contributed by atoms with Gasteiger partial charge in [-0.05, 0) is 48.7 Å². The number of nitrogens with one attached hydrogen (secondary N) is 2. The normalized spacial score (nSPS) is 13.6. The number of rotatable bonds is 7. The monoisotopic (exact) mass is 401 g/mol. The number of hydrogen-bond acceptors (Lipinski definition) is 4. The van der Waals surface area contributed by atoms with E-state index in [4.69, 9.17) is 0 Å². The van der Waals surface area contributed by atoms with Crippen LogP contribution in [0.1, 0.15) is 39.1 Å². The number of benzene rings is 2. The first-order chi connectivity index (χ1) is 13.3. The quantitative estimate of drug-likeness (QED) is 0.744. The van der Waals surface area contributed by atoms with E-state index in [2.05, 4.69) is 10.0 Å². The summed E-state index contributed by atoms with van der Waals surface area (Å²) in [6, 6.07) is 13.8. The maximum Gasteiger partial charge on any atom is 0.254 e. The molecular formula is C20H23N3O4S. The van der Waals surface area contributed by atoms with Crippen LogP contribution >= 0.6 is 0 Å². The topological polar surface area (TPSA) is 95.6 Å². The maximum atomic E-state index is 13.1. The Morgan fingerprint density at radius 3 is 2.32 bits per heavy atom. The molecule has 148 valence electrons. The Balaban J connectivity index is 1.78. The van der Waals surface area contributed by atoms with Crippen LogP contribution in [-0.4, -0.2) is 44.5 Å². The Labute approximate surface area is 164 Å². The van der Waals surface area contributed by atoms with Crippen LogP contribution in [0.4, 0.5) is 5.69 Å². The highest BCUT2D eigenvalue weighted by atomic mass is 32.2. The van der Waals surface area contributed by atoms with Crippen LogP contribution in [0.25, 0.3) is 0 Å². The van der Waals surface area contributed by atoms with E-state index < -0.39 is 10.0 Å². The fourth-order valence-electron chi connectivity index (χ4n) is 2.95. The number of amides is 2. The SMILES string of the molecule is CNC(=O)c1ccc(CN(C(=O)c2cccc(NS(C)(=O)=O)c2)C2CC2)cc1. The molecule has 2 N–H and O–H groups in total. The van der Waals surface area contributed by atoms with Gasteiger partial charge in [0.15, 0.2) is 0 Å². The lowest BCUT2D eigenvalue weighted by Crippen LogP contribution is -2.32. The molecule has 1 aliphatic carbocycles. The third-order valence-corrected chi connectivity index (χ3v) is 5.06. The fourth-order valence-corrected chi connectivity index (χ4v) is 3.51. The van der Waals surface area contributed by atoms with Crippen molar-refractivity contribution in [3.05, 3.63) is 65.2 Å². The first kappa shape index (κ1) is 19.9. The highest BCUT2D eigenvalue weighted by Gasteiger charge is 2.33. The van der Waals surface area contributed by atoms with Crippen molar-refractivity contribution in [1.82, 2.24) is 10.2 Å². The Bertz CT molecular complexity index is 983. The molecule has 0 heterocycles. The third kappa shape index (κ3) is 5.10. The summed E-state index contributed by atoms with van der Waals surface area (Å²) < 4.78 is 25.3. The minimum absolute atomic E-state index is 0.143. The van der Waals surface area contributed by atoms with Crippen molar-refractivity contribution in [2.45, 2.75) is 25.4 Å². The molecule has 0 atom stereocenters. The summed E-state index contributed by atoms with van der Waals surface area (Å²) in [5, 5.41) is 2.58. The lowest BCUT2D eigenvalue weighted by molar-refractivity contribution is 0.0729. The van der Waals surface area contributed by atoms with Crippen molar-refractivity contribution in [1.29, 1.82) is 0 Å². The predicted molar refractivity (Wildman–Crippen MR) is 108 cm³/mol. The fraction of sp³-hybridized carbons (Fsp3) is 0.300. The van der Waals surface area contributed by atoms with E-state index in [0.717, 1.165) is 24.7 Å². The Kier molecular flexibility index (Phi) is 5.69. The van der Waals surface area contributed by atoms with E-state index in [0.29, 0.717) is 23.4 Å². The minimum Gasteiger partial charge on any atom is -0.355 e. The van der Waals surface area contributed by atoms with Gasteiger partial charge in [-0.3, -0.25) is 14.3 Å². The van der Waals surface area contributed by atoms with E-state index in [9.17, 15) is 18.0 Å². The molecule has 28 heavy (non-hydrogen) atoms. The second-order valence-corrected chi connectivity index (χ2v) is 8.64. The predicted octanol–water partition coefficient (Wildman–Crippen LogP) is 2.22. The van der Waals surface area contributed by atoms with Crippen molar-refractivity contribution >= 4 is 27.5 Å². The van der Waals surface area contributed by atoms with Gasteiger partial charge in [-0.2, -0.15) is 0 Å². The molecule has 0 bridgehead atoms. The summed E-state index contributed by atoms with van der Waals surface area (Å²) in [5.41, 5.74) is 2.29. The van der Waals surface area contributed by atoms with Gasteiger partial charge in [0.25, 0.3) is 11.8 Å². The van der Waals surface area contributed by atoms with Crippen LogP contribution in [-0.2, 0) is 16.6 Å². The zero-order valence-corrected chi connectivity index (χ0v) is 16.6. The molecule has 0 aliphatic heterocycles. The first-order valence-corrected chi connectivity index (χ1v) is 10.9. The first-order valence-electron chi connectivity index (χ1n) is 8.96. The summed E-state index contributed by atoms with van der Waals surface area (Å²) in [6.07, 6.45) is 2.97. The minimum atomic E-state index is -3.41. The van der Waals surface area contributed by atoms with Crippen molar-refractivity contribution in [2.75, 3.05) is 18.0 Å². The van der Waals surface area contributed by atoms with Crippen molar-refractivity contribution < 1.29 is 18.0 Å². The van der Waals surface area contributed by atoms with Gasteiger partial charge < -0.3 is 10.2 Å². The number of nitrogens with zero attached hydrogens (tertiary/aromatic N) is 1. The summed E-state index contributed by atoms with van der Waals surface area (Å²) in [5.74, 6) is -0.299. The molecule has 8 heteroatoms. The van der Waals surface area contributed by atoms with Crippen LogP contribution < -0.4 is 10.0 Å². The molecule has 0 unspecified atom stereocenters. The van der Waals surface area contributed by atoms with E-state index >= 15 is 0 Å². The van der Waals surface area contributed by atoms with Crippen LogP contribution in [0.2, 0.25) is 0 Å². The number of anilines is 1. The summed E-state index contributed by atoms with van der Waals surface area (Å²) in [6.45, 7) is 0.432. The largest absolute Gasteiger partial charge is 0.355 e. The van der Waals surface area contributed by atoms with E-state index in [1.54, 1.807) is 48.3 Å². The van der Waals surface area contributed by atoms with Gasteiger partial charge >= 0.3 is 0 Å². The zero-order chi connectivity index (χ0) is 20.3. The maximum absolute atomic E-state index is 13.1. The van der Waals surface area contributed by atoms with Gasteiger partial charge in [0.05, 0.1) is 6.26 Å². The van der Waals surface area contributed by atoms with Gasteiger partial charge in [-0.15, -0.1) is 0 Å². The molecule has 0 aromatic heterocycles. The second-order valence-electron chi connectivity index (χ2n) is 6.90.